The fraction of sp³-hybridized carbons (Fsp3) is 0.250. The van der Waals surface area contributed by atoms with E-state index in [1.807, 2.05) is 18.4 Å². The van der Waals surface area contributed by atoms with Crippen LogP contribution in [0.4, 0.5) is 0 Å². The number of hydrogen-bond acceptors (Lipinski definition) is 4. The third-order valence-electron chi connectivity index (χ3n) is 2.60. The van der Waals surface area contributed by atoms with Crippen molar-refractivity contribution in [2.24, 2.45) is 0 Å². The number of carboxylic acid groups (broad SMARTS) is 1. The Labute approximate surface area is 102 Å². The predicted octanol–water partition coefficient (Wildman–Crippen LogP) is 2.60. The SMILES string of the molecule is Cc1ccsc1C(C)(O)c1ccc(C(=O)O)o1. The van der Waals surface area contributed by atoms with E-state index in [1.54, 1.807) is 6.92 Å². The van der Waals surface area contributed by atoms with Crippen LogP contribution >= 0.6 is 11.3 Å². The quantitative estimate of drug-likeness (QED) is 0.880. The van der Waals surface area contributed by atoms with Crippen molar-refractivity contribution in [3.63, 3.8) is 0 Å². The second kappa shape index (κ2) is 4.01. The van der Waals surface area contributed by atoms with Gasteiger partial charge in [0.15, 0.2) is 5.60 Å². The average molecular weight is 252 g/mol. The van der Waals surface area contributed by atoms with E-state index < -0.39 is 11.6 Å². The molecule has 0 fully saturated rings. The Hall–Kier alpha value is -1.59. The van der Waals surface area contributed by atoms with Crippen molar-refractivity contribution in [2.45, 2.75) is 19.4 Å². The molecule has 0 aromatic carbocycles. The molecule has 17 heavy (non-hydrogen) atoms. The molecule has 90 valence electrons. The standard InChI is InChI=1S/C12H12O4S/c1-7-5-6-17-10(7)12(2,15)9-4-3-8(16-9)11(13)14/h3-6,15H,1-2H3,(H,13,14). The summed E-state index contributed by atoms with van der Waals surface area (Å²) in [4.78, 5) is 11.5. The number of carbonyl (C=O) groups is 1. The summed E-state index contributed by atoms with van der Waals surface area (Å²) < 4.78 is 5.15. The fourth-order valence-corrected chi connectivity index (χ4v) is 2.69. The van der Waals surface area contributed by atoms with E-state index >= 15 is 0 Å². The molecule has 0 bridgehead atoms. The van der Waals surface area contributed by atoms with Crippen LogP contribution in [-0.2, 0) is 5.60 Å². The maximum atomic E-state index is 10.7. The van der Waals surface area contributed by atoms with Crippen LogP contribution in [0.3, 0.4) is 0 Å². The van der Waals surface area contributed by atoms with E-state index in [-0.39, 0.29) is 11.5 Å². The number of aliphatic hydroxyl groups is 1. The number of furan rings is 1. The zero-order valence-electron chi connectivity index (χ0n) is 9.43. The maximum Gasteiger partial charge on any atom is 0.371 e. The van der Waals surface area contributed by atoms with Gasteiger partial charge in [-0.3, -0.25) is 0 Å². The van der Waals surface area contributed by atoms with Crippen LogP contribution in [0.1, 0.15) is 33.7 Å². The lowest BCUT2D eigenvalue weighted by Gasteiger charge is -2.20. The highest BCUT2D eigenvalue weighted by atomic mass is 32.1. The zero-order chi connectivity index (χ0) is 12.6. The van der Waals surface area contributed by atoms with E-state index in [2.05, 4.69) is 0 Å². The highest BCUT2D eigenvalue weighted by Gasteiger charge is 2.32. The predicted molar refractivity (Wildman–Crippen MR) is 63.4 cm³/mol. The molecule has 0 spiro atoms. The Morgan fingerprint density at radius 1 is 1.41 bits per heavy atom. The molecule has 0 saturated carbocycles. The lowest BCUT2D eigenvalue weighted by atomic mass is 9.99. The number of rotatable bonds is 3. The van der Waals surface area contributed by atoms with Gasteiger partial charge >= 0.3 is 5.97 Å². The number of carboxylic acids is 1. The van der Waals surface area contributed by atoms with Crippen LogP contribution in [0.25, 0.3) is 0 Å². The van der Waals surface area contributed by atoms with Crippen LogP contribution in [0.2, 0.25) is 0 Å². The molecule has 2 heterocycles. The summed E-state index contributed by atoms with van der Waals surface area (Å²) >= 11 is 1.41. The van der Waals surface area contributed by atoms with Gasteiger partial charge in [0.2, 0.25) is 5.76 Å². The van der Waals surface area contributed by atoms with Crippen LogP contribution in [0, 0.1) is 6.92 Å². The van der Waals surface area contributed by atoms with Crippen molar-refractivity contribution in [1.29, 1.82) is 0 Å². The molecule has 2 aromatic heterocycles. The van der Waals surface area contributed by atoms with E-state index in [0.29, 0.717) is 0 Å². The van der Waals surface area contributed by atoms with Crippen LogP contribution in [0.15, 0.2) is 28.0 Å². The van der Waals surface area contributed by atoms with Crippen LogP contribution in [0.5, 0.6) is 0 Å². The van der Waals surface area contributed by atoms with Crippen molar-refractivity contribution < 1.29 is 19.4 Å². The molecular formula is C12H12O4S. The lowest BCUT2D eigenvalue weighted by Crippen LogP contribution is -2.21. The summed E-state index contributed by atoms with van der Waals surface area (Å²) in [5, 5.41) is 21.1. The van der Waals surface area contributed by atoms with Gasteiger partial charge in [0, 0.05) is 4.88 Å². The smallest absolute Gasteiger partial charge is 0.371 e. The molecule has 1 unspecified atom stereocenters. The molecule has 1 atom stereocenters. The molecule has 5 heteroatoms. The highest BCUT2D eigenvalue weighted by Crippen LogP contribution is 2.35. The zero-order valence-corrected chi connectivity index (χ0v) is 10.2. The summed E-state index contributed by atoms with van der Waals surface area (Å²) in [6, 6.07) is 4.73. The van der Waals surface area contributed by atoms with Gasteiger partial charge in [-0.05, 0) is 43.0 Å². The first-order chi connectivity index (χ1) is 7.93. The largest absolute Gasteiger partial charge is 0.475 e. The highest BCUT2D eigenvalue weighted by molar-refractivity contribution is 7.10. The number of thiophene rings is 1. The van der Waals surface area contributed by atoms with E-state index in [9.17, 15) is 9.90 Å². The molecule has 0 saturated heterocycles. The van der Waals surface area contributed by atoms with Crippen LogP contribution in [-0.4, -0.2) is 16.2 Å². The van der Waals surface area contributed by atoms with Gasteiger partial charge in [-0.25, -0.2) is 4.79 Å². The van der Waals surface area contributed by atoms with E-state index in [4.69, 9.17) is 9.52 Å². The Morgan fingerprint density at radius 2 is 2.12 bits per heavy atom. The molecule has 2 aromatic rings. The third kappa shape index (κ3) is 1.99. The Balaban J connectivity index is 2.44. The average Bonchev–Trinajstić information content (AvgIpc) is 2.84. The van der Waals surface area contributed by atoms with Gasteiger partial charge < -0.3 is 14.6 Å². The molecule has 0 radical (unpaired) electrons. The first-order valence-electron chi connectivity index (χ1n) is 5.03. The molecular weight excluding hydrogens is 240 g/mol. The van der Waals surface area contributed by atoms with Gasteiger partial charge in [0.25, 0.3) is 0 Å². The molecule has 4 nitrogen and oxygen atoms in total. The molecule has 0 aliphatic heterocycles. The van der Waals surface area contributed by atoms with Gasteiger partial charge in [0.1, 0.15) is 5.76 Å². The van der Waals surface area contributed by atoms with Crippen molar-refractivity contribution in [2.75, 3.05) is 0 Å². The Kier molecular flexibility index (Phi) is 2.81. The van der Waals surface area contributed by atoms with Gasteiger partial charge in [-0.15, -0.1) is 11.3 Å². The minimum Gasteiger partial charge on any atom is -0.475 e. The van der Waals surface area contributed by atoms with E-state index in [1.165, 1.54) is 23.5 Å². The van der Waals surface area contributed by atoms with Crippen molar-refractivity contribution in [1.82, 2.24) is 0 Å². The Bertz CT molecular complexity index is 550. The van der Waals surface area contributed by atoms with Gasteiger partial charge in [-0.1, -0.05) is 0 Å². The molecule has 0 aliphatic carbocycles. The molecule has 2 rings (SSSR count). The molecule has 0 amide bonds. The molecule has 2 N–H and O–H groups in total. The van der Waals surface area contributed by atoms with E-state index in [0.717, 1.165) is 10.4 Å². The van der Waals surface area contributed by atoms with Crippen molar-refractivity contribution >= 4 is 17.3 Å². The monoisotopic (exact) mass is 252 g/mol. The fourth-order valence-electron chi connectivity index (χ4n) is 1.70. The summed E-state index contributed by atoms with van der Waals surface area (Å²) in [6.07, 6.45) is 0. The van der Waals surface area contributed by atoms with Crippen LogP contribution < -0.4 is 0 Å². The minimum absolute atomic E-state index is 0.172. The minimum atomic E-state index is -1.30. The van der Waals surface area contributed by atoms with Gasteiger partial charge in [0.05, 0.1) is 0 Å². The second-order valence-corrected chi connectivity index (χ2v) is 4.89. The first-order valence-corrected chi connectivity index (χ1v) is 5.91. The normalized spacial score (nSPS) is 14.5. The second-order valence-electron chi connectivity index (χ2n) is 3.97. The summed E-state index contributed by atoms with van der Waals surface area (Å²) in [5.74, 6) is -1.08. The molecule has 0 aliphatic rings. The summed E-state index contributed by atoms with van der Waals surface area (Å²) in [5.41, 5.74) is -0.348. The third-order valence-corrected chi connectivity index (χ3v) is 3.83. The topological polar surface area (TPSA) is 70.7 Å². The number of aryl methyl sites for hydroxylation is 1. The summed E-state index contributed by atoms with van der Waals surface area (Å²) in [7, 11) is 0. The lowest BCUT2D eigenvalue weighted by molar-refractivity contribution is 0.0609. The van der Waals surface area contributed by atoms with Crippen molar-refractivity contribution in [3.05, 3.63) is 45.5 Å². The maximum absolute atomic E-state index is 10.7. The number of aromatic carboxylic acids is 1. The van der Waals surface area contributed by atoms with Gasteiger partial charge in [-0.2, -0.15) is 0 Å². The van der Waals surface area contributed by atoms with Crippen molar-refractivity contribution in [3.8, 4) is 0 Å². The first kappa shape index (κ1) is 11.9. The Morgan fingerprint density at radius 3 is 2.59 bits per heavy atom. The number of hydrogen-bond donors (Lipinski definition) is 2. The summed E-state index contributed by atoms with van der Waals surface area (Å²) in [6.45, 7) is 3.48.